The first-order chi connectivity index (χ1) is 7.02. The number of rotatable bonds is 4. The van der Waals surface area contributed by atoms with Crippen molar-refractivity contribution < 1.29 is 24.9 Å². The molecule has 1 rings (SSSR count). The van der Waals surface area contributed by atoms with Gasteiger partial charge in [0.15, 0.2) is 17.3 Å². The highest BCUT2D eigenvalue weighted by molar-refractivity contribution is 6.00. The molecule has 3 N–H and O–H groups in total. The lowest BCUT2D eigenvalue weighted by Gasteiger charge is -2.03. The van der Waals surface area contributed by atoms with Gasteiger partial charge in [-0.1, -0.05) is 6.07 Å². The molecule has 80 valence electrons. The van der Waals surface area contributed by atoms with Crippen molar-refractivity contribution in [1.82, 2.24) is 0 Å². The summed E-state index contributed by atoms with van der Waals surface area (Å²) < 4.78 is 0. The molecule has 0 spiro atoms. The van der Waals surface area contributed by atoms with Crippen LogP contribution in [0.3, 0.4) is 0 Å². The topological polar surface area (TPSA) is 94.8 Å². The standard InChI is InChI=1S/C10H10O5/c11-7(4-5-9(13)14)6-2-1-3-8(12)10(6)15/h1-3,12,15H,4-5H2,(H,13,14). The molecule has 0 amide bonds. The largest absolute Gasteiger partial charge is 0.504 e. The van der Waals surface area contributed by atoms with Gasteiger partial charge >= 0.3 is 5.97 Å². The van der Waals surface area contributed by atoms with E-state index in [1.165, 1.54) is 18.2 Å². The fourth-order valence-corrected chi connectivity index (χ4v) is 1.11. The van der Waals surface area contributed by atoms with Gasteiger partial charge in [-0.15, -0.1) is 0 Å². The maximum atomic E-state index is 11.4. The van der Waals surface area contributed by atoms with Gasteiger partial charge in [0.25, 0.3) is 0 Å². The van der Waals surface area contributed by atoms with Crippen molar-refractivity contribution >= 4 is 11.8 Å². The van der Waals surface area contributed by atoms with E-state index in [0.29, 0.717) is 0 Å². The predicted molar refractivity (Wildman–Crippen MR) is 51.0 cm³/mol. The smallest absolute Gasteiger partial charge is 0.303 e. The first-order valence-corrected chi connectivity index (χ1v) is 4.28. The van der Waals surface area contributed by atoms with Crippen LogP contribution in [0.1, 0.15) is 23.2 Å². The zero-order chi connectivity index (χ0) is 11.4. The van der Waals surface area contributed by atoms with Gasteiger partial charge in [-0.2, -0.15) is 0 Å². The summed E-state index contributed by atoms with van der Waals surface area (Å²) in [4.78, 5) is 21.6. The van der Waals surface area contributed by atoms with Crippen LogP contribution in [0.4, 0.5) is 0 Å². The fraction of sp³-hybridized carbons (Fsp3) is 0.200. The summed E-state index contributed by atoms with van der Waals surface area (Å²) in [5.74, 6) is -2.49. The van der Waals surface area contributed by atoms with E-state index >= 15 is 0 Å². The summed E-state index contributed by atoms with van der Waals surface area (Å²) in [7, 11) is 0. The number of carbonyl (C=O) groups excluding carboxylic acids is 1. The molecule has 0 aromatic heterocycles. The van der Waals surface area contributed by atoms with Gasteiger partial charge in [0.05, 0.1) is 12.0 Å². The highest BCUT2D eigenvalue weighted by Gasteiger charge is 2.14. The van der Waals surface area contributed by atoms with Crippen LogP contribution >= 0.6 is 0 Å². The van der Waals surface area contributed by atoms with Gasteiger partial charge < -0.3 is 15.3 Å². The lowest BCUT2D eigenvalue weighted by atomic mass is 10.1. The Morgan fingerprint density at radius 1 is 1.13 bits per heavy atom. The molecule has 0 aliphatic heterocycles. The number of carboxylic acids is 1. The Morgan fingerprint density at radius 3 is 2.40 bits per heavy atom. The third-order valence-corrected chi connectivity index (χ3v) is 1.88. The Balaban J connectivity index is 2.82. The van der Waals surface area contributed by atoms with Crippen molar-refractivity contribution in [3.05, 3.63) is 23.8 Å². The number of aromatic hydroxyl groups is 2. The van der Waals surface area contributed by atoms with Gasteiger partial charge in [-0.3, -0.25) is 9.59 Å². The number of benzene rings is 1. The van der Waals surface area contributed by atoms with Crippen molar-refractivity contribution in [2.75, 3.05) is 0 Å². The molecule has 0 atom stereocenters. The second-order valence-electron chi connectivity index (χ2n) is 2.99. The van der Waals surface area contributed by atoms with Crippen LogP contribution in [0.25, 0.3) is 0 Å². The Labute approximate surface area is 85.6 Å². The van der Waals surface area contributed by atoms with Gasteiger partial charge in [0.2, 0.25) is 0 Å². The van der Waals surface area contributed by atoms with Crippen LogP contribution in [0.15, 0.2) is 18.2 Å². The van der Waals surface area contributed by atoms with Gasteiger partial charge in [-0.05, 0) is 12.1 Å². The second kappa shape index (κ2) is 4.45. The van der Waals surface area contributed by atoms with Crippen LogP contribution in [0.5, 0.6) is 11.5 Å². The SMILES string of the molecule is O=C(O)CCC(=O)c1cccc(O)c1O. The molecule has 0 saturated carbocycles. The molecule has 1 aromatic rings. The van der Waals surface area contributed by atoms with E-state index in [1.54, 1.807) is 0 Å². The number of carbonyl (C=O) groups is 2. The summed E-state index contributed by atoms with van der Waals surface area (Å²) in [6.45, 7) is 0. The fourth-order valence-electron chi connectivity index (χ4n) is 1.11. The zero-order valence-corrected chi connectivity index (χ0v) is 7.80. The molecule has 0 unspecified atom stereocenters. The summed E-state index contributed by atoms with van der Waals surface area (Å²) in [5, 5.41) is 26.8. The molecule has 0 saturated heterocycles. The lowest BCUT2D eigenvalue weighted by Crippen LogP contribution is -2.03. The highest BCUT2D eigenvalue weighted by atomic mass is 16.4. The third kappa shape index (κ3) is 2.70. The molecule has 0 aliphatic carbocycles. The minimum Gasteiger partial charge on any atom is -0.504 e. The molecule has 0 aliphatic rings. The number of hydrogen-bond donors (Lipinski definition) is 3. The van der Waals surface area contributed by atoms with Crippen molar-refractivity contribution in [3.8, 4) is 11.5 Å². The van der Waals surface area contributed by atoms with E-state index in [9.17, 15) is 14.7 Å². The van der Waals surface area contributed by atoms with E-state index in [2.05, 4.69) is 0 Å². The molecular weight excluding hydrogens is 200 g/mol. The Bertz CT molecular complexity index is 397. The minimum absolute atomic E-state index is 0.0590. The number of hydrogen-bond acceptors (Lipinski definition) is 4. The number of Topliss-reactive ketones (excluding diaryl/α,β-unsaturated/α-hetero) is 1. The summed E-state index contributed by atoms with van der Waals surface area (Å²) >= 11 is 0. The monoisotopic (exact) mass is 210 g/mol. The predicted octanol–water partition coefficient (Wildman–Crippen LogP) is 1.15. The molecule has 0 heterocycles. The van der Waals surface area contributed by atoms with E-state index in [4.69, 9.17) is 10.2 Å². The zero-order valence-electron chi connectivity index (χ0n) is 7.80. The highest BCUT2D eigenvalue weighted by Crippen LogP contribution is 2.29. The number of phenols is 2. The van der Waals surface area contributed by atoms with Crippen molar-refractivity contribution in [1.29, 1.82) is 0 Å². The molecule has 1 aromatic carbocycles. The molecule has 0 fully saturated rings. The quantitative estimate of drug-likeness (QED) is 0.511. The Kier molecular flexibility index (Phi) is 3.28. The average molecular weight is 210 g/mol. The van der Waals surface area contributed by atoms with Gasteiger partial charge in [0, 0.05) is 6.42 Å². The number of phenolic OH excluding ortho intramolecular Hbond substituents is 2. The third-order valence-electron chi connectivity index (χ3n) is 1.88. The van der Waals surface area contributed by atoms with Crippen molar-refractivity contribution in [2.24, 2.45) is 0 Å². The summed E-state index contributed by atoms with van der Waals surface area (Å²) in [6, 6.07) is 3.98. The maximum absolute atomic E-state index is 11.4. The van der Waals surface area contributed by atoms with Crippen molar-refractivity contribution in [2.45, 2.75) is 12.8 Å². The molecule has 0 radical (unpaired) electrons. The van der Waals surface area contributed by atoms with Crippen LogP contribution < -0.4 is 0 Å². The van der Waals surface area contributed by atoms with Crippen LogP contribution in [-0.2, 0) is 4.79 Å². The normalized spacial score (nSPS) is 9.87. The molecular formula is C10H10O5. The van der Waals surface area contributed by atoms with Crippen LogP contribution in [0, 0.1) is 0 Å². The molecule has 15 heavy (non-hydrogen) atoms. The Hall–Kier alpha value is -2.04. The van der Waals surface area contributed by atoms with E-state index in [-0.39, 0.29) is 18.4 Å². The molecule has 5 heteroatoms. The molecule has 0 bridgehead atoms. The number of para-hydroxylation sites is 1. The minimum atomic E-state index is -1.08. The maximum Gasteiger partial charge on any atom is 0.303 e. The van der Waals surface area contributed by atoms with Crippen molar-refractivity contribution in [3.63, 3.8) is 0 Å². The summed E-state index contributed by atoms with van der Waals surface area (Å²) in [5.41, 5.74) is -0.0590. The van der Waals surface area contributed by atoms with Crippen LogP contribution in [0.2, 0.25) is 0 Å². The summed E-state index contributed by atoms with van der Waals surface area (Å²) in [6.07, 6.45) is -0.500. The Morgan fingerprint density at radius 2 is 1.80 bits per heavy atom. The number of carboxylic acid groups (broad SMARTS) is 1. The second-order valence-corrected chi connectivity index (χ2v) is 2.99. The van der Waals surface area contributed by atoms with Gasteiger partial charge in [0.1, 0.15) is 0 Å². The van der Waals surface area contributed by atoms with Crippen LogP contribution in [-0.4, -0.2) is 27.1 Å². The van der Waals surface area contributed by atoms with Gasteiger partial charge in [-0.25, -0.2) is 0 Å². The van der Waals surface area contributed by atoms with E-state index in [0.717, 1.165) is 0 Å². The molecule has 5 nitrogen and oxygen atoms in total. The first kappa shape index (κ1) is 11.0. The lowest BCUT2D eigenvalue weighted by molar-refractivity contribution is -0.136. The van der Waals surface area contributed by atoms with E-state index < -0.39 is 23.3 Å². The number of aliphatic carboxylic acids is 1. The first-order valence-electron chi connectivity index (χ1n) is 4.28. The average Bonchev–Trinajstić information content (AvgIpc) is 2.18. The van der Waals surface area contributed by atoms with E-state index in [1.807, 2.05) is 0 Å². The number of ketones is 1.